The fraction of sp³-hybridized carbons (Fsp3) is 0.118. The monoisotopic (exact) mass is 360 g/mol. The molecule has 0 aliphatic heterocycles. The summed E-state index contributed by atoms with van der Waals surface area (Å²) < 4.78 is 0. The molecule has 24 heavy (non-hydrogen) atoms. The molecule has 0 fully saturated rings. The lowest BCUT2D eigenvalue weighted by atomic mass is 10.1. The molecule has 0 radical (unpaired) electrons. The molecule has 0 aliphatic carbocycles. The summed E-state index contributed by atoms with van der Waals surface area (Å²) >= 11 is 12.2. The van der Waals surface area contributed by atoms with Crippen LogP contribution < -0.4 is 5.32 Å². The van der Waals surface area contributed by atoms with E-state index in [2.05, 4.69) is 20.5 Å². The Morgan fingerprint density at radius 3 is 2.50 bits per heavy atom. The van der Waals surface area contributed by atoms with Crippen LogP contribution in [-0.4, -0.2) is 33.4 Å². The Morgan fingerprint density at radius 1 is 1.00 bits per heavy atom. The first-order chi connectivity index (χ1) is 11.7. The van der Waals surface area contributed by atoms with Gasteiger partial charge < -0.3 is 10.4 Å². The maximum absolute atomic E-state index is 9.09. The van der Waals surface area contributed by atoms with Crippen LogP contribution in [0, 0.1) is 0 Å². The van der Waals surface area contributed by atoms with E-state index in [1.54, 1.807) is 18.2 Å². The molecule has 3 rings (SSSR count). The third-order valence-electron chi connectivity index (χ3n) is 3.31. The van der Waals surface area contributed by atoms with Crippen LogP contribution in [0.5, 0.6) is 0 Å². The lowest BCUT2D eigenvalue weighted by molar-refractivity contribution is 0.311. The van der Waals surface area contributed by atoms with Gasteiger partial charge >= 0.3 is 0 Å². The van der Waals surface area contributed by atoms with Crippen molar-refractivity contribution >= 4 is 29.0 Å². The van der Waals surface area contributed by atoms with Gasteiger partial charge in [0.1, 0.15) is 5.69 Å². The average molecular weight is 361 g/mol. The first kappa shape index (κ1) is 16.6. The van der Waals surface area contributed by atoms with Crippen LogP contribution in [0.3, 0.4) is 0 Å². The van der Waals surface area contributed by atoms with Gasteiger partial charge in [0.2, 0.25) is 0 Å². The Bertz CT molecular complexity index is 843. The van der Waals surface area contributed by atoms with Crippen LogP contribution in [0.1, 0.15) is 0 Å². The van der Waals surface area contributed by atoms with E-state index >= 15 is 0 Å². The quantitative estimate of drug-likeness (QED) is 0.721. The molecule has 0 atom stereocenters. The molecule has 0 saturated heterocycles. The van der Waals surface area contributed by atoms with Crippen molar-refractivity contribution in [1.29, 1.82) is 0 Å². The van der Waals surface area contributed by atoms with Crippen LogP contribution in [0.4, 0.5) is 5.82 Å². The van der Waals surface area contributed by atoms with Gasteiger partial charge in [0.25, 0.3) is 0 Å². The van der Waals surface area contributed by atoms with Gasteiger partial charge in [0.15, 0.2) is 11.6 Å². The van der Waals surface area contributed by atoms with Crippen molar-refractivity contribution in [2.75, 3.05) is 18.5 Å². The second-order valence-electron chi connectivity index (χ2n) is 4.97. The maximum Gasteiger partial charge on any atom is 0.185 e. The lowest BCUT2D eigenvalue weighted by Crippen LogP contribution is -2.10. The highest BCUT2D eigenvalue weighted by molar-refractivity contribution is 6.36. The molecule has 0 unspecified atom stereocenters. The lowest BCUT2D eigenvalue weighted by Gasteiger charge is -2.11. The third kappa shape index (κ3) is 3.64. The van der Waals surface area contributed by atoms with Crippen molar-refractivity contribution in [2.45, 2.75) is 0 Å². The molecule has 0 bridgehead atoms. The van der Waals surface area contributed by atoms with Crippen LogP contribution in [0.25, 0.3) is 22.6 Å². The number of nitrogens with one attached hydrogen (secondary N) is 1. The number of rotatable bonds is 5. The standard InChI is InChI=1S/C17H14Cl2N4O/c18-12-6-7-13(14(19)10-12)16-21-17(20-8-9-24)15(22-23-16)11-4-2-1-3-5-11/h1-7,10,24H,8-9H2,(H,20,21,23). The summed E-state index contributed by atoms with van der Waals surface area (Å²) in [5, 5.41) is 21.6. The van der Waals surface area contributed by atoms with Crippen molar-refractivity contribution in [3.63, 3.8) is 0 Å². The molecule has 1 aromatic heterocycles. The second-order valence-corrected chi connectivity index (χ2v) is 5.82. The van der Waals surface area contributed by atoms with Crippen molar-refractivity contribution in [3.05, 3.63) is 58.6 Å². The molecule has 0 saturated carbocycles. The van der Waals surface area contributed by atoms with E-state index in [-0.39, 0.29) is 6.61 Å². The SMILES string of the molecule is OCCNc1nc(-c2ccc(Cl)cc2Cl)nnc1-c1ccccc1. The number of aliphatic hydroxyl groups is 1. The number of benzene rings is 2. The van der Waals surface area contributed by atoms with E-state index < -0.39 is 0 Å². The minimum atomic E-state index is -0.0186. The Morgan fingerprint density at radius 2 is 1.79 bits per heavy atom. The number of hydrogen-bond acceptors (Lipinski definition) is 5. The summed E-state index contributed by atoms with van der Waals surface area (Å²) in [6.45, 7) is 0.335. The minimum absolute atomic E-state index is 0.0186. The normalized spacial score (nSPS) is 10.6. The summed E-state index contributed by atoms with van der Waals surface area (Å²) in [4.78, 5) is 4.52. The van der Waals surface area contributed by atoms with E-state index in [1.807, 2.05) is 30.3 Å². The Kier molecular flexibility index (Phi) is 5.25. The number of anilines is 1. The summed E-state index contributed by atoms with van der Waals surface area (Å²) in [7, 11) is 0. The zero-order valence-electron chi connectivity index (χ0n) is 12.6. The van der Waals surface area contributed by atoms with Gasteiger partial charge in [-0.1, -0.05) is 53.5 Å². The van der Waals surface area contributed by atoms with Crippen molar-refractivity contribution in [3.8, 4) is 22.6 Å². The van der Waals surface area contributed by atoms with Crippen molar-refractivity contribution < 1.29 is 5.11 Å². The fourth-order valence-corrected chi connectivity index (χ4v) is 2.69. The molecule has 1 heterocycles. The van der Waals surface area contributed by atoms with Gasteiger partial charge in [-0.25, -0.2) is 4.98 Å². The minimum Gasteiger partial charge on any atom is -0.395 e. The molecule has 0 aliphatic rings. The van der Waals surface area contributed by atoms with Gasteiger partial charge in [0.05, 0.1) is 11.6 Å². The largest absolute Gasteiger partial charge is 0.395 e. The van der Waals surface area contributed by atoms with E-state index in [0.717, 1.165) is 5.56 Å². The first-order valence-electron chi connectivity index (χ1n) is 7.29. The van der Waals surface area contributed by atoms with Crippen LogP contribution >= 0.6 is 23.2 Å². The number of nitrogens with zero attached hydrogens (tertiary/aromatic N) is 3. The molecule has 2 aromatic carbocycles. The van der Waals surface area contributed by atoms with Gasteiger partial charge in [-0.2, -0.15) is 0 Å². The Balaban J connectivity index is 2.07. The van der Waals surface area contributed by atoms with Gasteiger partial charge in [-0.15, -0.1) is 10.2 Å². The molecule has 7 heteroatoms. The maximum atomic E-state index is 9.09. The predicted octanol–water partition coefficient (Wildman–Crippen LogP) is 3.92. The van der Waals surface area contributed by atoms with Crippen molar-refractivity contribution in [1.82, 2.24) is 15.2 Å². The summed E-state index contributed by atoms with van der Waals surface area (Å²) in [5.41, 5.74) is 2.13. The number of halogens is 2. The average Bonchev–Trinajstić information content (AvgIpc) is 2.60. The predicted molar refractivity (Wildman–Crippen MR) is 96.3 cm³/mol. The first-order valence-corrected chi connectivity index (χ1v) is 8.05. The Hall–Kier alpha value is -2.21. The van der Waals surface area contributed by atoms with Gasteiger partial charge in [-0.3, -0.25) is 0 Å². The zero-order valence-corrected chi connectivity index (χ0v) is 14.1. The zero-order chi connectivity index (χ0) is 16.9. The third-order valence-corrected chi connectivity index (χ3v) is 3.86. The van der Waals surface area contributed by atoms with Gasteiger partial charge in [-0.05, 0) is 18.2 Å². The van der Waals surface area contributed by atoms with E-state index in [9.17, 15) is 0 Å². The van der Waals surface area contributed by atoms with E-state index in [0.29, 0.717) is 39.5 Å². The molecular weight excluding hydrogens is 347 g/mol. The summed E-state index contributed by atoms with van der Waals surface area (Å²) in [6, 6.07) is 14.7. The van der Waals surface area contributed by atoms with Crippen LogP contribution in [0.2, 0.25) is 10.0 Å². The number of aromatic nitrogens is 3. The molecule has 2 N–H and O–H groups in total. The highest BCUT2D eigenvalue weighted by atomic mass is 35.5. The molecule has 3 aromatic rings. The smallest absolute Gasteiger partial charge is 0.185 e. The van der Waals surface area contributed by atoms with Crippen LogP contribution in [0.15, 0.2) is 48.5 Å². The molecule has 5 nitrogen and oxygen atoms in total. The molecular formula is C17H14Cl2N4O. The number of hydrogen-bond donors (Lipinski definition) is 2. The second kappa shape index (κ2) is 7.57. The summed E-state index contributed by atoms with van der Waals surface area (Å²) in [6.07, 6.45) is 0. The van der Waals surface area contributed by atoms with E-state index in [1.165, 1.54) is 0 Å². The van der Waals surface area contributed by atoms with Gasteiger partial charge in [0, 0.05) is 22.7 Å². The van der Waals surface area contributed by atoms with Crippen LogP contribution in [-0.2, 0) is 0 Å². The van der Waals surface area contributed by atoms with Crippen molar-refractivity contribution in [2.24, 2.45) is 0 Å². The molecule has 122 valence electrons. The summed E-state index contributed by atoms with van der Waals surface area (Å²) in [5.74, 6) is 0.919. The number of aliphatic hydroxyl groups excluding tert-OH is 1. The highest BCUT2D eigenvalue weighted by Crippen LogP contribution is 2.30. The van der Waals surface area contributed by atoms with E-state index in [4.69, 9.17) is 28.3 Å². The molecule has 0 spiro atoms. The topological polar surface area (TPSA) is 70.9 Å². The Labute approximate surface area is 149 Å². The molecule has 0 amide bonds. The fourth-order valence-electron chi connectivity index (χ4n) is 2.20. The highest BCUT2D eigenvalue weighted by Gasteiger charge is 2.14.